The van der Waals surface area contributed by atoms with Crippen molar-refractivity contribution in [2.24, 2.45) is 0 Å². The normalized spacial score (nSPS) is 13.2. The lowest BCUT2D eigenvalue weighted by Crippen LogP contribution is -2.44. The van der Waals surface area contributed by atoms with Gasteiger partial charge in [-0.3, -0.25) is 34.2 Å². The predicted octanol–water partition coefficient (Wildman–Crippen LogP) is 2.69. The molecule has 34 heavy (non-hydrogen) atoms. The van der Waals surface area contributed by atoms with Crippen LogP contribution in [0.2, 0.25) is 0 Å². The number of carbonyl (C=O) groups excluding carboxylic acids is 4. The molecule has 10 heteroatoms. The van der Waals surface area contributed by atoms with Crippen molar-refractivity contribution in [2.75, 3.05) is 11.9 Å². The second-order valence-corrected chi connectivity index (χ2v) is 7.42. The number of anilines is 1. The summed E-state index contributed by atoms with van der Waals surface area (Å²) >= 11 is 0. The Labute approximate surface area is 193 Å². The van der Waals surface area contributed by atoms with Gasteiger partial charge in [0.15, 0.2) is 0 Å². The number of benzene rings is 3. The number of amides is 4. The minimum atomic E-state index is -1.11. The van der Waals surface area contributed by atoms with E-state index in [1.54, 1.807) is 60.7 Å². The summed E-state index contributed by atoms with van der Waals surface area (Å²) < 4.78 is 0. The summed E-state index contributed by atoms with van der Waals surface area (Å²) in [6.07, 6.45) is 0. The first kappa shape index (κ1) is 22.3. The van der Waals surface area contributed by atoms with Gasteiger partial charge in [-0.2, -0.15) is 0 Å². The highest BCUT2D eigenvalue weighted by molar-refractivity contribution is 6.24. The fourth-order valence-corrected chi connectivity index (χ4v) is 3.64. The van der Waals surface area contributed by atoms with Crippen molar-refractivity contribution in [1.82, 2.24) is 10.2 Å². The van der Waals surface area contributed by atoms with Crippen molar-refractivity contribution in [1.29, 1.82) is 0 Å². The number of carbonyl (C=O) groups is 4. The lowest BCUT2D eigenvalue weighted by atomic mass is 10.1. The number of hydrogen-bond donors (Lipinski definition) is 2. The molecule has 3 aromatic rings. The largest absolute Gasteiger partial charge is 0.339 e. The molecular formula is C24H18N4O6. The van der Waals surface area contributed by atoms with Gasteiger partial charge in [0.25, 0.3) is 23.4 Å². The molecule has 170 valence electrons. The Balaban J connectivity index is 1.54. The molecule has 1 heterocycles. The molecule has 1 unspecified atom stereocenters. The first-order valence-corrected chi connectivity index (χ1v) is 10.2. The monoisotopic (exact) mass is 458 g/mol. The quantitative estimate of drug-likeness (QED) is 0.317. The van der Waals surface area contributed by atoms with Gasteiger partial charge in [0.1, 0.15) is 18.2 Å². The van der Waals surface area contributed by atoms with E-state index in [9.17, 15) is 29.3 Å². The molecule has 0 fully saturated rings. The number of para-hydroxylation sites is 1. The number of imide groups is 1. The molecule has 4 amide bonds. The van der Waals surface area contributed by atoms with E-state index >= 15 is 0 Å². The summed E-state index contributed by atoms with van der Waals surface area (Å²) in [4.78, 5) is 62.3. The highest BCUT2D eigenvalue weighted by atomic mass is 16.6. The van der Waals surface area contributed by atoms with Gasteiger partial charge in [0, 0.05) is 11.8 Å². The summed E-state index contributed by atoms with van der Waals surface area (Å²) in [6, 6.07) is 19.7. The third kappa shape index (κ3) is 4.37. The van der Waals surface area contributed by atoms with E-state index in [0.29, 0.717) is 16.2 Å². The maximum Gasteiger partial charge on any atom is 0.282 e. The van der Waals surface area contributed by atoms with E-state index < -0.39 is 46.8 Å². The summed E-state index contributed by atoms with van der Waals surface area (Å²) in [6.45, 7) is -0.703. The molecule has 0 bridgehead atoms. The first-order valence-electron chi connectivity index (χ1n) is 10.2. The Morgan fingerprint density at radius 3 is 2.18 bits per heavy atom. The van der Waals surface area contributed by atoms with Gasteiger partial charge in [-0.05, 0) is 23.8 Å². The number of fused-ring (bicyclic) bond motifs is 1. The standard InChI is InChI=1S/C24H18N4O6/c29-19(14-27-23(31)17-12-7-13-18(28(33)34)20(17)24(27)32)26-21(15-8-3-1-4-9-15)22(30)25-16-10-5-2-6-11-16/h1-13,21H,14H2,(H,25,30)(H,26,29). The van der Waals surface area contributed by atoms with Crippen LogP contribution in [0.5, 0.6) is 0 Å². The maximum atomic E-state index is 13.0. The fraction of sp³-hybridized carbons (Fsp3) is 0.0833. The molecule has 2 N–H and O–H groups in total. The Hall–Kier alpha value is -4.86. The Kier molecular flexibility index (Phi) is 6.13. The van der Waals surface area contributed by atoms with E-state index in [2.05, 4.69) is 10.6 Å². The van der Waals surface area contributed by atoms with Crippen molar-refractivity contribution in [3.8, 4) is 0 Å². The van der Waals surface area contributed by atoms with E-state index in [1.807, 2.05) is 0 Å². The van der Waals surface area contributed by atoms with Gasteiger partial charge >= 0.3 is 0 Å². The van der Waals surface area contributed by atoms with Crippen molar-refractivity contribution in [3.63, 3.8) is 0 Å². The van der Waals surface area contributed by atoms with Crippen LogP contribution in [0.1, 0.15) is 32.3 Å². The van der Waals surface area contributed by atoms with Crippen LogP contribution in [0, 0.1) is 10.1 Å². The van der Waals surface area contributed by atoms with Crippen molar-refractivity contribution < 1.29 is 24.1 Å². The zero-order valence-corrected chi connectivity index (χ0v) is 17.6. The zero-order valence-electron chi connectivity index (χ0n) is 17.6. The SMILES string of the molecule is O=C(CN1C(=O)c2cccc([N+](=O)[O-])c2C1=O)NC(C(=O)Nc1ccccc1)c1ccccc1. The Morgan fingerprint density at radius 1 is 0.882 bits per heavy atom. The molecule has 1 aliphatic heterocycles. The van der Waals surface area contributed by atoms with Crippen LogP contribution in [0.25, 0.3) is 0 Å². The van der Waals surface area contributed by atoms with Crippen LogP contribution in [0.15, 0.2) is 78.9 Å². The van der Waals surface area contributed by atoms with Crippen molar-refractivity contribution in [2.45, 2.75) is 6.04 Å². The van der Waals surface area contributed by atoms with Gasteiger partial charge in [-0.15, -0.1) is 0 Å². The van der Waals surface area contributed by atoms with Crippen LogP contribution in [-0.4, -0.2) is 40.0 Å². The molecule has 0 aliphatic carbocycles. The Bertz CT molecular complexity index is 1290. The molecule has 1 aliphatic rings. The van der Waals surface area contributed by atoms with Gasteiger partial charge < -0.3 is 10.6 Å². The van der Waals surface area contributed by atoms with Gasteiger partial charge in [-0.1, -0.05) is 54.6 Å². The van der Waals surface area contributed by atoms with Crippen molar-refractivity contribution >= 4 is 35.0 Å². The summed E-state index contributed by atoms with van der Waals surface area (Å²) in [5, 5.41) is 16.5. The number of hydrogen-bond acceptors (Lipinski definition) is 6. The average Bonchev–Trinajstić information content (AvgIpc) is 3.08. The van der Waals surface area contributed by atoms with Gasteiger partial charge in [-0.25, -0.2) is 0 Å². The Morgan fingerprint density at radius 2 is 1.53 bits per heavy atom. The van der Waals surface area contributed by atoms with Crippen LogP contribution < -0.4 is 10.6 Å². The van der Waals surface area contributed by atoms with Crippen LogP contribution in [0.3, 0.4) is 0 Å². The molecular weight excluding hydrogens is 440 g/mol. The third-order valence-corrected chi connectivity index (χ3v) is 5.22. The molecule has 0 saturated heterocycles. The second kappa shape index (κ2) is 9.33. The van der Waals surface area contributed by atoms with Crippen LogP contribution >= 0.6 is 0 Å². The minimum absolute atomic E-state index is 0.145. The lowest BCUT2D eigenvalue weighted by Gasteiger charge is -2.21. The molecule has 0 aromatic heterocycles. The number of nitro groups is 1. The molecule has 4 rings (SSSR count). The molecule has 0 spiro atoms. The maximum absolute atomic E-state index is 13.0. The third-order valence-electron chi connectivity index (χ3n) is 5.22. The van der Waals surface area contributed by atoms with E-state index in [1.165, 1.54) is 12.1 Å². The fourth-order valence-electron chi connectivity index (χ4n) is 3.64. The number of nitrogens with one attached hydrogen (secondary N) is 2. The lowest BCUT2D eigenvalue weighted by molar-refractivity contribution is -0.385. The molecule has 3 aromatic carbocycles. The van der Waals surface area contributed by atoms with Crippen LogP contribution in [0.4, 0.5) is 11.4 Å². The molecule has 10 nitrogen and oxygen atoms in total. The topological polar surface area (TPSA) is 139 Å². The smallest absolute Gasteiger partial charge is 0.282 e. The highest BCUT2D eigenvalue weighted by Gasteiger charge is 2.42. The number of nitro benzene ring substituents is 1. The summed E-state index contributed by atoms with van der Waals surface area (Å²) in [5.74, 6) is -3.06. The highest BCUT2D eigenvalue weighted by Crippen LogP contribution is 2.30. The summed E-state index contributed by atoms with van der Waals surface area (Å²) in [7, 11) is 0. The second-order valence-electron chi connectivity index (χ2n) is 7.42. The van der Waals surface area contributed by atoms with E-state index in [0.717, 1.165) is 6.07 Å². The van der Waals surface area contributed by atoms with E-state index in [4.69, 9.17) is 0 Å². The average molecular weight is 458 g/mol. The van der Waals surface area contributed by atoms with Crippen LogP contribution in [-0.2, 0) is 9.59 Å². The van der Waals surface area contributed by atoms with E-state index in [-0.39, 0.29) is 11.1 Å². The summed E-state index contributed by atoms with van der Waals surface area (Å²) in [5.41, 5.74) is 0.000868. The molecule has 0 saturated carbocycles. The molecule has 1 atom stereocenters. The number of nitrogens with zero attached hydrogens (tertiary/aromatic N) is 2. The van der Waals surface area contributed by atoms with Crippen molar-refractivity contribution in [3.05, 3.63) is 106 Å². The van der Waals surface area contributed by atoms with Gasteiger partial charge in [0.05, 0.1) is 10.5 Å². The first-order chi connectivity index (χ1) is 16.4. The van der Waals surface area contributed by atoms with Gasteiger partial charge in [0.2, 0.25) is 5.91 Å². The number of rotatable bonds is 7. The predicted molar refractivity (Wildman–Crippen MR) is 121 cm³/mol. The minimum Gasteiger partial charge on any atom is -0.339 e. The zero-order chi connectivity index (χ0) is 24.2. The molecule has 0 radical (unpaired) electrons.